The number of rotatable bonds is 4. The molecule has 0 bridgehead atoms. The molecule has 10 heteroatoms. The highest BCUT2D eigenvalue weighted by molar-refractivity contribution is 7.89. The molecule has 2 aromatic carbocycles. The molecule has 0 amide bonds. The van der Waals surface area contributed by atoms with Crippen LogP contribution in [0.3, 0.4) is 0 Å². The van der Waals surface area contributed by atoms with E-state index in [1.165, 1.54) is 34.6 Å². The quantitative estimate of drug-likeness (QED) is 0.572. The van der Waals surface area contributed by atoms with Crippen LogP contribution in [0.4, 0.5) is 15.8 Å². The van der Waals surface area contributed by atoms with Crippen LogP contribution >= 0.6 is 0 Å². The molecule has 0 radical (unpaired) electrons. The Balaban J connectivity index is 1.85. The summed E-state index contributed by atoms with van der Waals surface area (Å²) in [6, 6.07) is 10.7. The number of hydrogen-bond acceptors (Lipinski definition) is 6. The number of hydrogen-bond donors (Lipinski definition) is 0. The lowest BCUT2D eigenvalue weighted by molar-refractivity contribution is -0.384. The molecule has 28 heavy (non-hydrogen) atoms. The van der Waals surface area contributed by atoms with E-state index in [0.717, 1.165) is 12.1 Å². The van der Waals surface area contributed by atoms with Crippen LogP contribution in [0.25, 0.3) is 0 Å². The van der Waals surface area contributed by atoms with E-state index in [4.69, 9.17) is 5.26 Å². The third-order valence-electron chi connectivity index (χ3n) is 4.55. The van der Waals surface area contributed by atoms with Crippen molar-refractivity contribution >= 4 is 21.4 Å². The minimum atomic E-state index is -3.79. The van der Waals surface area contributed by atoms with Gasteiger partial charge in [0.15, 0.2) is 0 Å². The Hall–Kier alpha value is -3.03. The lowest BCUT2D eigenvalue weighted by atomic mass is 10.1. The molecule has 1 aliphatic rings. The Morgan fingerprint density at radius 1 is 1.07 bits per heavy atom. The van der Waals surface area contributed by atoms with Crippen LogP contribution in [0.5, 0.6) is 0 Å². The molecule has 0 unspecified atom stereocenters. The number of nitrogens with zero attached hydrogens (tertiary/aromatic N) is 4. The summed E-state index contributed by atoms with van der Waals surface area (Å²) >= 11 is 0. The third-order valence-corrected chi connectivity index (χ3v) is 6.46. The SMILES string of the molecule is N#Cc1ccc([N+](=O)[O-])c(N2CCCN(S(=O)(=O)c3ccc(F)cc3)CC2)c1. The van der Waals surface area contributed by atoms with Gasteiger partial charge in [0.1, 0.15) is 11.5 Å². The monoisotopic (exact) mass is 404 g/mol. The van der Waals surface area contributed by atoms with Crippen molar-refractivity contribution in [1.29, 1.82) is 5.26 Å². The smallest absolute Gasteiger partial charge is 0.292 e. The zero-order valence-electron chi connectivity index (χ0n) is 14.8. The first-order valence-electron chi connectivity index (χ1n) is 8.52. The number of sulfonamides is 1. The molecule has 1 fully saturated rings. The van der Waals surface area contributed by atoms with Crippen molar-refractivity contribution in [3.05, 3.63) is 64.0 Å². The summed E-state index contributed by atoms with van der Waals surface area (Å²) in [4.78, 5) is 12.5. The molecule has 0 aromatic heterocycles. The van der Waals surface area contributed by atoms with Gasteiger partial charge in [-0.1, -0.05) is 0 Å². The van der Waals surface area contributed by atoms with Crippen molar-refractivity contribution < 1.29 is 17.7 Å². The molecule has 0 saturated carbocycles. The lowest BCUT2D eigenvalue weighted by Crippen LogP contribution is -2.35. The fourth-order valence-corrected chi connectivity index (χ4v) is 4.60. The van der Waals surface area contributed by atoms with E-state index in [2.05, 4.69) is 0 Å². The molecule has 1 heterocycles. The zero-order chi connectivity index (χ0) is 20.3. The van der Waals surface area contributed by atoms with Gasteiger partial charge in [-0.25, -0.2) is 12.8 Å². The van der Waals surface area contributed by atoms with Crippen molar-refractivity contribution in [3.8, 4) is 6.07 Å². The van der Waals surface area contributed by atoms with Crippen LogP contribution in [-0.4, -0.2) is 43.8 Å². The van der Waals surface area contributed by atoms with E-state index in [1.54, 1.807) is 4.90 Å². The highest BCUT2D eigenvalue weighted by Crippen LogP contribution is 2.30. The normalized spacial score (nSPS) is 15.6. The predicted molar refractivity (Wildman–Crippen MR) is 99.8 cm³/mol. The molecule has 0 N–H and O–H groups in total. The van der Waals surface area contributed by atoms with Gasteiger partial charge in [0.25, 0.3) is 5.69 Å². The van der Waals surface area contributed by atoms with Gasteiger partial charge in [0.2, 0.25) is 10.0 Å². The number of halogens is 1. The van der Waals surface area contributed by atoms with E-state index in [1.807, 2.05) is 6.07 Å². The molecule has 0 spiro atoms. The Morgan fingerprint density at radius 2 is 1.79 bits per heavy atom. The average molecular weight is 404 g/mol. The summed E-state index contributed by atoms with van der Waals surface area (Å²) in [5.41, 5.74) is 0.458. The van der Waals surface area contributed by atoms with Gasteiger partial charge >= 0.3 is 0 Å². The number of benzene rings is 2. The largest absolute Gasteiger partial charge is 0.365 e. The molecule has 2 aromatic rings. The Morgan fingerprint density at radius 3 is 2.43 bits per heavy atom. The van der Waals surface area contributed by atoms with Gasteiger partial charge in [-0.3, -0.25) is 10.1 Å². The second kappa shape index (κ2) is 7.92. The maximum atomic E-state index is 13.1. The molecule has 146 valence electrons. The highest BCUT2D eigenvalue weighted by Gasteiger charge is 2.29. The average Bonchev–Trinajstić information content (AvgIpc) is 2.94. The fourth-order valence-electron chi connectivity index (χ4n) is 3.13. The van der Waals surface area contributed by atoms with Crippen molar-refractivity contribution in [1.82, 2.24) is 4.31 Å². The maximum Gasteiger partial charge on any atom is 0.292 e. The Labute approximate surface area is 161 Å². The number of anilines is 1. The van der Waals surface area contributed by atoms with Crippen molar-refractivity contribution in [2.45, 2.75) is 11.3 Å². The summed E-state index contributed by atoms with van der Waals surface area (Å²) in [6.07, 6.45) is 0.453. The van der Waals surface area contributed by atoms with Crippen molar-refractivity contribution in [2.24, 2.45) is 0 Å². The second-order valence-corrected chi connectivity index (χ2v) is 8.21. The number of nitro benzene ring substituents is 1. The minimum absolute atomic E-state index is 0.000177. The van der Waals surface area contributed by atoms with Crippen LogP contribution in [-0.2, 0) is 10.0 Å². The van der Waals surface area contributed by atoms with Crippen LogP contribution in [0, 0.1) is 27.3 Å². The lowest BCUT2D eigenvalue weighted by Gasteiger charge is -2.23. The Kier molecular flexibility index (Phi) is 5.58. The van der Waals surface area contributed by atoms with E-state index in [0.29, 0.717) is 24.2 Å². The van der Waals surface area contributed by atoms with Gasteiger partial charge in [0, 0.05) is 32.2 Å². The first-order chi connectivity index (χ1) is 13.3. The van der Waals surface area contributed by atoms with Gasteiger partial charge in [-0.05, 0) is 42.8 Å². The topological polar surface area (TPSA) is 108 Å². The van der Waals surface area contributed by atoms with Gasteiger partial charge in [-0.2, -0.15) is 9.57 Å². The van der Waals surface area contributed by atoms with Crippen LogP contribution in [0.1, 0.15) is 12.0 Å². The van der Waals surface area contributed by atoms with Crippen LogP contribution < -0.4 is 4.90 Å². The van der Waals surface area contributed by atoms with Gasteiger partial charge in [-0.15, -0.1) is 0 Å². The molecule has 0 atom stereocenters. The van der Waals surface area contributed by atoms with E-state index in [9.17, 15) is 22.9 Å². The molecule has 8 nitrogen and oxygen atoms in total. The summed E-state index contributed by atoms with van der Waals surface area (Å²) < 4.78 is 40.0. The first kappa shape index (κ1) is 19.7. The number of nitriles is 1. The summed E-state index contributed by atoms with van der Waals surface area (Å²) in [5, 5.41) is 20.4. The summed E-state index contributed by atoms with van der Waals surface area (Å²) in [6.45, 7) is 0.997. The maximum absolute atomic E-state index is 13.1. The number of nitro groups is 1. The summed E-state index contributed by atoms with van der Waals surface area (Å²) in [7, 11) is -3.79. The van der Waals surface area contributed by atoms with Crippen LogP contribution in [0.2, 0.25) is 0 Å². The fraction of sp³-hybridized carbons (Fsp3) is 0.278. The highest BCUT2D eigenvalue weighted by atomic mass is 32.2. The molecular formula is C18H17FN4O4S. The standard InChI is InChI=1S/C18H17FN4O4S/c19-15-3-5-16(6-4-15)28(26,27)22-9-1-8-21(10-11-22)18-12-14(13-20)2-7-17(18)23(24)25/h2-7,12H,1,8-11H2. The predicted octanol–water partition coefficient (Wildman–Crippen LogP) is 2.51. The van der Waals surface area contributed by atoms with E-state index < -0.39 is 20.8 Å². The summed E-state index contributed by atoms with van der Waals surface area (Å²) in [5.74, 6) is -0.523. The van der Waals surface area contributed by atoms with Gasteiger partial charge < -0.3 is 4.90 Å². The minimum Gasteiger partial charge on any atom is -0.365 e. The Bertz CT molecular complexity index is 1030. The van der Waals surface area contributed by atoms with E-state index >= 15 is 0 Å². The zero-order valence-corrected chi connectivity index (χ0v) is 15.6. The first-order valence-corrected chi connectivity index (χ1v) is 9.96. The molecular weight excluding hydrogens is 387 g/mol. The molecule has 0 aliphatic carbocycles. The van der Waals surface area contributed by atoms with Gasteiger partial charge in [0.05, 0.1) is 21.5 Å². The molecule has 1 aliphatic heterocycles. The van der Waals surface area contributed by atoms with Crippen LogP contribution in [0.15, 0.2) is 47.4 Å². The molecule has 1 saturated heterocycles. The van der Waals surface area contributed by atoms with Crippen molar-refractivity contribution in [2.75, 3.05) is 31.1 Å². The molecule has 3 rings (SSSR count). The van der Waals surface area contributed by atoms with E-state index in [-0.39, 0.29) is 30.2 Å². The third kappa shape index (κ3) is 3.95. The van der Waals surface area contributed by atoms with Crippen molar-refractivity contribution in [3.63, 3.8) is 0 Å². The second-order valence-electron chi connectivity index (χ2n) is 6.27.